The number of ether oxygens (including phenoxy) is 2. The summed E-state index contributed by atoms with van der Waals surface area (Å²) in [5.74, 6) is -1.60. The van der Waals surface area contributed by atoms with Crippen LogP contribution in [0.25, 0.3) is 0 Å². The van der Waals surface area contributed by atoms with Crippen molar-refractivity contribution in [2.24, 2.45) is 5.92 Å². The van der Waals surface area contributed by atoms with Gasteiger partial charge in [-0.1, -0.05) is 13.0 Å². The summed E-state index contributed by atoms with van der Waals surface area (Å²) in [6, 6.07) is 0.0140. The van der Waals surface area contributed by atoms with Crippen molar-refractivity contribution in [1.29, 1.82) is 0 Å². The van der Waals surface area contributed by atoms with Crippen LogP contribution in [0.5, 0.6) is 0 Å². The topological polar surface area (TPSA) is 76.1 Å². The van der Waals surface area contributed by atoms with Crippen molar-refractivity contribution in [3.8, 4) is 0 Å². The van der Waals surface area contributed by atoms with Gasteiger partial charge < -0.3 is 14.6 Å². The van der Waals surface area contributed by atoms with Gasteiger partial charge in [0.05, 0.1) is 12.5 Å². The fourth-order valence-electron chi connectivity index (χ4n) is 3.29. The van der Waals surface area contributed by atoms with Gasteiger partial charge in [-0.3, -0.25) is 9.69 Å². The van der Waals surface area contributed by atoms with Crippen LogP contribution in [-0.4, -0.2) is 59.4 Å². The van der Waals surface area contributed by atoms with Crippen LogP contribution in [0.3, 0.4) is 0 Å². The molecule has 0 aromatic heterocycles. The summed E-state index contributed by atoms with van der Waals surface area (Å²) in [6.07, 6.45) is 2.64. The zero-order chi connectivity index (χ0) is 15.2. The van der Waals surface area contributed by atoms with E-state index >= 15 is 0 Å². The van der Waals surface area contributed by atoms with E-state index in [9.17, 15) is 14.7 Å². The van der Waals surface area contributed by atoms with Gasteiger partial charge in [-0.2, -0.15) is 0 Å². The second-order valence-electron chi connectivity index (χ2n) is 6.36. The summed E-state index contributed by atoms with van der Waals surface area (Å²) in [4.78, 5) is 26.4. The molecule has 6 heteroatoms. The average molecular weight is 295 g/mol. The molecule has 0 bridgehead atoms. The maximum atomic E-state index is 12.1. The van der Waals surface area contributed by atoms with Crippen LogP contribution in [-0.2, 0) is 19.1 Å². The lowest BCUT2D eigenvalue weighted by Crippen LogP contribution is -2.44. The number of hydrogen-bond donors (Lipinski definition) is 1. The highest BCUT2D eigenvalue weighted by atomic mass is 16.6. The molecule has 1 N–H and O–H groups in total. The Kier molecular flexibility index (Phi) is 3.53. The van der Waals surface area contributed by atoms with E-state index in [1.165, 1.54) is 6.92 Å². The zero-order valence-corrected chi connectivity index (χ0v) is 12.4. The van der Waals surface area contributed by atoms with Crippen molar-refractivity contribution < 1.29 is 24.2 Å². The quantitative estimate of drug-likeness (QED) is 0.510. The lowest BCUT2D eigenvalue weighted by molar-refractivity contribution is -0.169. The summed E-state index contributed by atoms with van der Waals surface area (Å²) in [7, 11) is 0. The lowest BCUT2D eigenvalue weighted by Gasteiger charge is -2.27. The van der Waals surface area contributed by atoms with Crippen LogP contribution in [0.2, 0.25) is 0 Å². The van der Waals surface area contributed by atoms with Gasteiger partial charge in [0.2, 0.25) is 0 Å². The van der Waals surface area contributed by atoms with Gasteiger partial charge in [0.25, 0.3) is 0 Å². The normalized spacial score (nSPS) is 40.9. The maximum absolute atomic E-state index is 12.1. The molecule has 1 unspecified atom stereocenters. The summed E-state index contributed by atoms with van der Waals surface area (Å²) >= 11 is 0. The number of carbonyl (C=O) groups is 2. The Bertz CT molecular complexity index is 498. The molecule has 116 valence electrons. The molecule has 0 spiro atoms. The first-order valence-electron chi connectivity index (χ1n) is 7.41. The molecular formula is C15H21NO5. The van der Waals surface area contributed by atoms with Crippen molar-refractivity contribution >= 4 is 11.9 Å². The van der Waals surface area contributed by atoms with Crippen LogP contribution in [0, 0.1) is 5.92 Å². The molecule has 0 aromatic rings. The van der Waals surface area contributed by atoms with E-state index in [-0.39, 0.29) is 31.1 Å². The minimum Gasteiger partial charge on any atom is -0.460 e. The van der Waals surface area contributed by atoms with Gasteiger partial charge in [0.1, 0.15) is 12.7 Å². The van der Waals surface area contributed by atoms with Crippen molar-refractivity contribution in [1.82, 2.24) is 4.90 Å². The molecule has 0 saturated carbocycles. The van der Waals surface area contributed by atoms with Crippen molar-refractivity contribution in [2.45, 2.75) is 44.4 Å². The molecule has 3 aliphatic rings. The van der Waals surface area contributed by atoms with Crippen molar-refractivity contribution in [3.05, 3.63) is 11.6 Å². The molecule has 3 heterocycles. The van der Waals surface area contributed by atoms with E-state index in [2.05, 4.69) is 4.90 Å². The highest BCUT2D eigenvalue weighted by Crippen LogP contribution is 2.33. The highest BCUT2D eigenvalue weighted by Gasteiger charge is 2.45. The van der Waals surface area contributed by atoms with Gasteiger partial charge in [-0.15, -0.1) is 0 Å². The van der Waals surface area contributed by atoms with Crippen LogP contribution >= 0.6 is 0 Å². The Labute approximate surface area is 123 Å². The summed E-state index contributed by atoms with van der Waals surface area (Å²) in [5, 5.41) is 10.3. The number of carbonyl (C=O) groups excluding carboxylic acids is 2. The number of nitrogens with zero attached hydrogens (tertiary/aromatic N) is 1. The molecule has 4 atom stereocenters. The molecule has 3 aliphatic heterocycles. The van der Waals surface area contributed by atoms with Crippen LogP contribution in [0.4, 0.5) is 0 Å². The van der Waals surface area contributed by atoms with E-state index in [4.69, 9.17) is 9.47 Å². The van der Waals surface area contributed by atoms with Crippen molar-refractivity contribution in [2.75, 3.05) is 19.7 Å². The molecule has 2 fully saturated rings. The maximum Gasteiger partial charge on any atom is 0.338 e. The molecule has 21 heavy (non-hydrogen) atoms. The lowest BCUT2D eigenvalue weighted by atomic mass is 9.88. The molecule has 0 aliphatic carbocycles. The first-order chi connectivity index (χ1) is 9.89. The van der Waals surface area contributed by atoms with Crippen molar-refractivity contribution in [3.63, 3.8) is 0 Å². The summed E-state index contributed by atoms with van der Waals surface area (Å²) in [6.45, 7) is 4.86. The Hall–Kier alpha value is -1.40. The predicted octanol–water partition coefficient (Wildman–Crippen LogP) is 0.246. The number of aliphatic hydroxyl groups is 1. The van der Waals surface area contributed by atoms with Crippen LogP contribution < -0.4 is 0 Å². The Morgan fingerprint density at radius 2 is 2.19 bits per heavy atom. The fourth-order valence-corrected chi connectivity index (χ4v) is 3.29. The standard InChI is InChI=1S/C15H21NO5/c1-9-7-12(17)21-11-4-6-16-5-3-10(13(11)16)8-20-14(18)15(9,2)19/h3,9,11,13,19H,4-8H2,1-2H3/t9?,11-,13-,15-/m1/s1. The first kappa shape index (κ1) is 14.5. The monoisotopic (exact) mass is 295 g/mol. The molecule has 0 radical (unpaired) electrons. The SMILES string of the molecule is CC1CC(=O)O[C@@H]2CCN3CC=C(COC(=O)[C@]1(C)O)[C@H]23. The van der Waals surface area contributed by atoms with Crippen LogP contribution in [0.1, 0.15) is 26.7 Å². The molecule has 0 aromatic carbocycles. The smallest absolute Gasteiger partial charge is 0.338 e. The largest absolute Gasteiger partial charge is 0.460 e. The molecule has 2 saturated heterocycles. The van der Waals surface area contributed by atoms with Gasteiger partial charge in [0, 0.05) is 19.0 Å². The number of hydrogen-bond acceptors (Lipinski definition) is 6. The first-order valence-corrected chi connectivity index (χ1v) is 7.41. The summed E-state index contributed by atoms with van der Waals surface area (Å²) in [5.41, 5.74) is -0.721. The minimum absolute atomic E-state index is 0.00433. The molecule has 6 nitrogen and oxygen atoms in total. The highest BCUT2D eigenvalue weighted by molar-refractivity contribution is 5.81. The third-order valence-electron chi connectivity index (χ3n) is 4.91. The number of cyclic esters (lactones) is 1. The van der Waals surface area contributed by atoms with Gasteiger partial charge in [-0.05, 0) is 18.9 Å². The second-order valence-corrected chi connectivity index (χ2v) is 6.36. The van der Waals surface area contributed by atoms with Gasteiger partial charge in [-0.25, -0.2) is 4.79 Å². The number of rotatable bonds is 0. The Morgan fingerprint density at radius 1 is 1.43 bits per heavy atom. The third kappa shape index (κ3) is 2.46. The third-order valence-corrected chi connectivity index (χ3v) is 4.91. The Balaban J connectivity index is 1.86. The molecular weight excluding hydrogens is 274 g/mol. The van der Waals surface area contributed by atoms with Crippen LogP contribution in [0.15, 0.2) is 11.6 Å². The van der Waals surface area contributed by atoms with E-state index in [1.54, 1.807) is 6.92 Å². The predicted molar refractivity (Wildman–Crippen MR) is 73.3 cm³/mol. The molecule has 0 amide bonds. The van der Waals surface area contributed by atoms with Gasteiger partial charge in [0.15, 0.2) is 5.60 Å². The van der Waals surface area contributed by atoms with E-state index < -0.39 is 17.5 Å². The zero-order valence-electron chi connectivity index (χ0n) is 12.4. The van der Waals surface area contributed by atoms with Gasteiger partial charge >= 0.3 is 11.9 Å². The minimum atomic E-state index is -1.68. The summed E-state index contributed by atoms with van der Waals surface area (Å²) < 4.78 is 10.9. The van der Waals surface area contributed by atoms with E-state index in [0.29, 0.717) is 0 Å². The second kappa shape index (κ2) is 5.10. The number of esters is 2. The van der Waals surface area contributed by atoms with E-state index in [0.717, 1.165) is 25.1 Å². The Morgan fingerprint density at radius 3 is 2.95 bits per heavy atom. The average Bonchev–Trinajstić information content (AvgIpc) is 2.98. The fraction of sp³-hybridized carbons (Fsp3) is 0.733. The molecule has 3 rings (SSSR count). The van der Waals surface area contributed by atoms with E-state index in [1.807, 2.05) is 6.08 Å².